The molecule has 0 amide bonds. The zero-order chi connectivity index (χ0) is 13.8. The van der Waals surface area contributed by atoms with E-state index in [0.29, 0.717) is 6.54 Å². The molecule has 0 aliphatic carbocycles. The topological polar surface area (TPSA) is 29.5 Å². The number of carbonyl (C=O) groups excluding carboxylic acids is 1. The number of nitrogens with zero attached hydrogens (tertiary/aromatic N) is 1. The van der Waals surface area contributed by atoms with Gasteiger partial charge >= 0.3 is 5.97 Å². The summed E-state index contributed by atoms with van der Waals surface area (Å²) >= 11 is 0. The third-order valence-corrected chi connectivity index (χ3v) is 3.76. The molecule has 2 rings (SSSR count). The van der Waals surface area contributed by atoms with Crippen molar-refractivity contribution in [2.24, 2.45) is 0 Å². The molecule has 1 unspecified atom stereocenters. The van der Waals surface area contributed by atoms with Crippen LogP contribution in [-0.2, 0) is 16.1 Å². The molecule has 1 aliphatic rings. The van der Waals surface area contributed by atoms with E-state index in [0.717, 1.165) is 36.9 Å². The van der Waals surface area contributed by atoms with E-state index in [1.807, 2.05) is 6.92 Å². The molecule has 1 aliphatic heterocycles. The van der Waals surface area contributed by atoms with Gasteiger partial charge in [0.2, 0.25) is 0 Å². The Bertz CT molecular complexity index is 461. The van der Waals surface area contributed by atoms with Crippen LogP contribution in [0.3, 0.4) is 0 Å². The summed E-state index contributed by atoms with van der Waals surface area (Å²) in [7, 11) is 1.43. The van der Waals surface area contributed by atoms with Crippen LogP contribution < -0.4 is 0 Å². The molecule has 4 heteroatoms. The molecule has 0 aromatic heterocycles. The zero-order valence-corrected chi connectivity index (χ0v) is 11.5. The van der Waals surface area contributed by atoms with Gasteiger partial charge in [0.1, 0.15) is 11.9 Å². The predicted molar refractivity (Wildman–Crippen MR) is 71.2 cm³/mol. The van der Waals surface area contributed by atoms with E-state index in [-0.39, 0.29) is 17.8 Å². The number of ether oxygens (including phenoxy) is 1. The molecule has 104 valence electrons. The van der Waals surface area contributed by atoms with Crippen LogP contribution in [0, 0.1) is 12.7 Å². The molecule has 3 nitrogen and oxygen atoms in total. The summed E-state index contributed by atoms with van der Waals surface area (Å²) in [5.74, 6) is -0.385. The van der Waals surface area contributed by atoms with E-state index < -0.39 is 0 Å². The van der Waals surface area contributed by atoms with Crippen LogP contribution in [0.15, 0.2) is 18.2 Å². The average Bonchev–Trinajstić information content (AvgIpc) is 2.41. The van der Waals surface area contributed by atoms with Crippen molar-refractivity contribution in [2.45, 2.75) is 38.8 Å². The number of methoxy groups -OCH3 is 1. The third-order valence-electron chi connectivity index (χ3n) is 3.76. The third kappa shape index (κ3) is 3.32. The molecular weight excluding hydrogens is 245 g/mol. The quantitative estimate of drug-likeness (QED) is 0.787. The van der Waals surface area contributed by atoms with Crippen LogP contribution in [0.2, 0.25) is 0 Å². The highest BCUT2D eigenvalue weighted by Gasteiger charge is 2.29. The fourth-order valence-electron chi connectivity index (χ4n) is 2.64. The number of carbonyl (C=O) groups is 1. The van der Waals surface area contributed by atoms with Crippen molar-refractivity contribution in [1.82, 2.24) is 4.90 Å². The number of aryl methyl sites for hydroxylation is 1. The number of hydrogen-bond acceptors (Lipinski definition) is 3. The van der Waals surface area contributed by atoms with Gasteiger partial charge in [0.05, 0.1) is 7.11 Å². The van der Waals surface area contributed by atoms with Crippen LogP contribution in [0.25, 0.3) is 0 Å². The Morgan fingerprint density at radius 1 is 1.47 bits per heavy atom. The number of rotatable bonds is 3. The smallest absolute Gasteiger partial charge is 0.323 e. The van der Waals surface area contributed by atoms with Gasteiger partial charge < -0.3 is 4.74 Å². The van der Waals surface area contributed by atoms with E-state index in [4.69, 9.17) is 4.74 Å². The minimum absolute atomic E-state index is 0.164. The van der Waals surface area contributed by atoms with Crippen molar-refractivity contribution in [1.29, 1.82) is 0 Å². The second-order valence-corrected chi connectivity index (χ2v) is 5.08. The lowest BCUT2D eigenvalue weighted by Gasteiger charge is -2.34. The summed E-state index contributed by atoms with van der Waals surface area (Å²) < 4.78 is 18.0. The highest BCUT2D eigenvalue weighted by molar-refractivity contribution is 5.75. The number of esters is 1. The van der Waals surface area contributed by atoms with E-state index in [2.05, 4.69) is 4.90 Å². The first kappa shape index (κ1) is 14.0. The number of likely N-dealkylation sites (tertiary alicyclic amines) is 1. The molecule has 0 bridgehead atoms. The second-order valence-electron chi connectivity index (χ2n) is 5.08. The van der Waals surface area contributed by atoms with Crippen molar-refractivity contribution in [3.63, 3.8) is 0 Å². The maximum Gasteiger partial charge on any atom is 0.323 e. The molecule has 1 aromatic rings. The Kier molecular flexibility index (Phi) is 4.53. The van der Waals surface area contributed by atoms with E-state index in [1.54, 1.807) is 6.07 Å². The fraction of sp³-hybridized carbons (Fsp3) is 0.533. The molecule has 1 aromatic carbocycles. The van der Waals surface area contributed by atoms with E-state index >= 15 is 0 Å². The Morgan fingerprint density at radius 3 is 2.95 bits per heavy atom. The Morgan fingerprint density at radius 2 is 2.26 bits per heavy atom. The fourth-order valence-corrected chi connectivity index (χ4v) is 2.64. The normalized spacial score (nSPS) is 20.3. The summed E-state index contributed by atoms with van der Waals surface area (Å²) in [6, 6.07) is 4.64. The Balaban J connectivity index is 2.13. The summed E-state index contributed by atoms with van der Waals surface area (Å²) in [4.78, 5) is 13.9. The van der Waals surface area contributed by atoms with Gasteiger partial charge in [-0.25, -0.2) is 4.39 Å². The molecular formula is C15H20FNO2. The lowest BCUT2D eigenvalue weighted by molar-refractivity contribution is -0.148. The molecule has 0 saturated carbocycles. The van der Waals surface area contributed by atoms with Gasteiger partial charge in [-0.3, -0.25) is 9.69 Å². The predicted octanol–water partition coefficient (Wildman–Crippen LogP) is 2.66. The van der Waals surface area contributed by atoms with Crippen LogP contribution in [-0.4, -0.2) is 30.6 Å². The molecule has 0 spiro atoms. The second kappa shape index (κ2) is 6.15. The molecule has 1 fully saturated rings. The van der Waals surface area contributed by atoms with Crippen LogP contribution in [0.4, 0.5) is 4.39 Å². The van der Waals surface area contributed by atoms with E-state index in [9.17, 15) is 9.18 Å². The van der Waals surface area contributed by atoms with Crippen molar-refractivity contribution in [2.75, 3.05) is 13.7 Å². The summed E-state index contributed by atoms with van der Waals surface area (Å²) in [6.07, 6.45) is 2.99. The highest BCUT2D eigenvalue weighted by atomic mass is 19.1. The van der Waals surface area contributed by atoms with Crippen LogP contribution in [0.5, 0.6) is 0 Å². The van der Waals surface area contributed by atoms with Gasteiger partial charge in [-0.1, -0.05) is 12.5 Å². The lowest BCUT2D eigenvalue weighted by atomic mass is 10.00. The molecule has 0 N–H and O–H groups in total. The van der Waals surface area contributed by atoms with Crippen LogP contribution >= 0.6 is 0 Å². The van der Waals surface area contributed by atoms with Gasteiger partial charge in [-0.15, -0.1) is 0 Å². The average molecular weight is 265 g/mol. The number of benzene rings is 1. The molecule has 1 saturated heterocycles. The largest absolute Gasteiger partial charge is 0.468 e. The maximum atomic E-state index is 13.1. The molecule has 1 heterocycles. The van der Waals surface area contributed by atoms with Crippen molar-refractivity contribution in [3.8, 4) is 0 Å². The van der Waals surface area contributed by atoms with Gasteiger partial charge in [0.25, 0.3) is 0 Å². The molecule has 1 atom stereocenters. The minimum Gasteiger partial charge on any atom is -0.468 e. The summed E-state index contributed by atoms with van der Waals surface area (Å²) in [6.45, 7) is 3.46. The van der Waals surface area contributed by atoms with Gasteiger partial charge in [-0.2, -0.15) is 0 Å². The summed E-state index contributed by atoms with van der Waals surface area (Å²) in [5, 5.41) is 0. The first-order valence-corrected chi connectivity index (χ1v) is 6.68. The molecule has 0 radical (unpaired) electrons. The molecule has 19 heavy (non-hydrogen) atoms. The number of halogens is 1. The standard InChI is InChI=1S/C15H20FNO2/c1-11-9-13(16)7-6-12(11)10-17-8-4-3-5-14(17)15(18)19-2/h6-7,9,14H,3-5,8,10H2,1-2H3. The van der Waals surface area contributed by atoms with Gasteiger partial charge in [0, 0.05) is 6.54 Å². The lowest BCUT2D eigenvalue weighted by Crippen LogP contribution is -2.44. The number of hydrogen-bond donors (Lipinski definition) is 0. The number of piperidine rings is 1. The SMILES string of the molecule is COC(=O)C1CCCCN1Cc1ccc(F)cc1C. The maximum absolute atomic E-state index is 13.1. The van der Waals surface area contributed by atoms with Gasteiger partial charge in [-0.05, 0) is 49.6 Å². The monoisotopic (exact) mass is 265 g/mol. The van der Waals surface area contributed by atoms with Crippen molar-refractivity contribution in [3.05, 3.63) is 35.1 Å². The summed E-state index contributed by atoms with van der Waals surface area (Å²) in [5.41, 5.74) is 1.99. The Labute approximate surface area is 113 Å². The first-order valence-electron chi connectivity index (χ1n) is 6.68. The first-order chi connectivity index (χ1) is 9.11. The van der Waals surface area contributed by atoms with Crippen molar-refractivity contribution < 1.29 is 13.9 Å². The van der Waals surface area contributed by atoms with Gasteiger partial charge in [0.15, 0.2) is 0 Å². The zero-order valence-electron chi connectivity index (χ0n) is 11.5. The Hall–Kier alpha value is -1.42. The minimum atomic E-state index is -0.218. The van der Waals surface area contributed by atoms with Crippen molar-refractivity contribution >= 4 is 5.97 Å². The van der Waals surface area contributed by atoms with E-state index in [1.165, 1.54) is 19.2 Å². The van der Waals surface area contributed by atoms with Crippen LogP contribution in [0.1, 0.15) is 30.4 Å². The highest BCUT2D eigenvalue weighted by Crippen LogP contribution is 2.22.